The van der Waals surface area contributed by atoms with Crippen molar-refractivity contribution in [2.24, 2.45) is 0 Å². The van der Waals surface area contributed by atoms with Crippen molar-refractivity contribution < 1.29 is 13.5 Å². The Balaban J connectivity index is 1.87. The molecule has 1 aliphatic heterocycles. The Kier molecular flexibility index (Phi) is 4.39. The Labute approximate surface area is 132 Å². The molecule has 1 aromatic rings. The second-order valence-electron chi connectivity index (χ2n) is 6.29. The maximum Gasteiger partial charge on any atom is 0.243 e. The van der Waals surface area contributed by atoms with Crippen LogP contribution in [0.2, 0.25) is 0 Å². The highest BCUT2D eigenvalue weighted by molar-refractivity contribution is 7.89. The molecule has 0 radical (unpaired) electrons. The zero-order chi connectivity index (χ0) is 15.7. The van der Waals surface area contributed by atoms with Crippen molar-refractivity contribution in [2.45, 2.75) is 56.1 Å². The number of aliphatic hydroxyl groups is 1. The number of nitrogens with zero attached hydrogens (tertiary/aromatic N) is 1. The molecule has 0 amide bonds. The molecule has 1 N–H and O–H groups in total. The first-order valence-electron chi connectivity index (χ1n) is 7.94. The number of aryl methyl sites for hydroxylation is 1. The summed E-state index contributed by atoms with van der Waals surface area (Å²) in [6.45, 7) is 2.54. The van der Waals surface area contributed by atoms with Crippen LogP contribution < -0.4 is 0 Å². The molecule has 5 heteroatoms. The molecule has 120 valence electrons. The molecule has 4 nitrogen and oxygen atoms in total. The summed E-state index contributed by atoms with van der Waals surface area (Å²) < 4.78 is 27.5. The van der Waals surface area contributed by atoms with E-state index in [1.54, 1.807) is 16.4 Å². The Morgan fingerprint density at radius 1 is 1.18 bits per heavy atom. The van der Waals surface area contributed by atoms with Gasteiger partial charge in [0.2, 0.25) is 10.0 Å². The molecule has 1 heterocycles. The SMILES string of the molecule is Cc1ccc(S(=O)(=O)N2CCCC2C2=CCC(O)CC2)cc1. The summed E-state index contributed by atoms with van der Waals surface area (Å²) in [5.41, 5.74) is 2.24. The van der Waals surface area contributed by atoms with Crippen LogP contribution in [0.25, 0.3) is 0 Å². The van der Waals surface area contributed by atoms with E-state index in [-0.39, 0.29) is 12.1 Å². The van der Waals surface area contributed by atoms with Gasteiger partial charge < -0.3 is 5.11 Å². The molecule has 2 unspecified atom stereocenters. The zero-order valence-electron chi connectivity index (χ0n) is 12.9. The lowest BCUT2D eigenvalue weighted by molar-refractivity contribution is 0.160. The van der Waals surface area contributed by atoms with Gasteiger partial charge in [0.1, 0.15) is 0 Å². The van der Waals surface area contributed by atoms with Crippen molar-refractivity contribution in [3.63, 3.8) is 0 Å². The minimum absolute atomic E-state index is 0.0289. The number of benzene rings is 1. The summed E-state index contributed by atoms with van der Waals surface area (Å²) in [6, 6.07) is 7.04. The smallest absolute Gasteiger partial charge is 0.243 e. The summed E-state index contributed by atoms with van der Waals surface area (Å²) >= 11 is 0. The molecule has 1 saturated heterocycles. The van der Waals surface area contributed by atoms with E-state index in [4.69, 9.17) is 0 Å². The Bertz CT molecular complexity index is 664. The Hall–Kier alpha value is -1.17. The van der Waals surface area contributed by atoms with Crippen LogP contribution in [0.1, 0.15) is 37.7 Å². The quantitative estimate of drug-likeness (QED) is 0.871. The fourth-order valence-corrected chi connectivity index (χ4v) is 5.08. The monoisotopic (exact) mass is 321 g/mol. The molecule has 2 aliphatic rings. The molecule has 0 bridgehead atoms. The molecule has 1 fully saturated rings. The van der Waals surface area contributed by atoms with Crippen molar-refractivity contribution >= 4 is 10.0 Å². The predicted octanol–water partition coefficient (Wildman–Crippen LogP) is 2.62. The van der Waals surface area contributed by atoms with E-state index in [1.165, 1.54) is 5.57 Å². The molecule has 0 spiro atoms. The van der Waals surface area contributed by atoms with Gasteiger partial charge in [-0.1, -0.05) is 29.3 Å². The summed E-state index contributed by atoms with van der Waals surface area (Å²) in [7, 11) is -3.44. The van der Waals surface area contributed by atoms with Gasteiger partial charge in [-0.3, -0.25) is 0 Å². The number of hydrogen-bond acceptors (Lipinski definition) is 3. The highest BCUT2D eigenvalue weighted by atomic mass is 32.2. The third-order valence-electron chi connectivity index (χ3n) is 4.68. The van der Waals surface area contributed by atoms with Crippen molar-refractivity contribution in [2.75, 3.05) is 6.54 Å². The molecule has 2 atom stereocenters. The molecular formula is C17H23NO3S. The van der Waals surface area contributed by atoms with Gasteiger partial charge in [0, 0.05) is 12.6 Å². The van der Waals surface area contributed by atoms with Crippen LogP contribution in [0.15, 0.2) is 40.8 Å². The van der Waals surface area contributed by atoms with Crippen molar-refractivity contribution in [3.8, 4) is 0 Å². The molecule has 22 heavy (non-hydrogen) atoms. The lowest BCUT2D eigenvalue weighted by atomic mass is 9.91. The van der Waals surface area contributed by atoms with Gasteiger partial charge in [0.15, 0.2) is 0 Å². The molecule has 0 aromatic heterocycles. The maximum absolute atomic E-state index is 12.9. The van der Waals surface area contributed by atoms with Gasteiger partial charge in [-0.2, -0.15) is 4.31 Å². The lowest BCUT2D eigenvalue weighted by Gasteiger charge is -2.29. The fraction of sp³-hybridized carbons (Fsp3) is 0.529. The number of aliphatic hydroxyl groups excluding tert-OH is 1. The number of hydrogen-bond donors (Lipinski definition) is 1. The summed E-state index contributed by atoms with van der Waals surface area (Å²) in [5, 5.41) is 9.62. The van der Waals surface area contributed by atoms with Gasteiger partial charge in [0.25, 0.3) is 0 Å². The van der Waals surface area contributed by atoms with E-state index in [1.807, 2.05) is 25.1 Å². The number of sulfonamides is 1. The third-order valence-corrected chi connectivity index (χ3v) is 6.60. The van der Waals surface area contributed by atoms with Gasteiger partial charge in [-0.05, 0) is 51.2 Å². The van der Waals surface area contributed by atoms with Crippen LogP contribution in [0, 0.1) is 6.92 Å². The van der Waals surface area contributed by atoms with Gasteiger partial charge in [-0.15, -0.1) is 0 Å². The van der Waals surface area contributed by atoms with E-state index in [0.717, 1.165) is 31.2 Å². The van der Waals surface area contributed by atoms with Crippen LogP contribution in [0.3, 0.4) is 0 Å². The van der Waals surface area contributed by atoms with Gasteiger partial charge >= 0.3 is 0 Å². The van der Waals surface area contributed by atoms with E-state index >= 15 is 0 Å². The molecule has 1 aliphatic carbocycles. The first-order valence-corrected chi connectivity index (χ1v) is 9.38. The molecule has 0 saturated carbocycles. The highest BCUT2D eigenvalue weighted by Crippen LogP contribution is 2.34. The normalized spacial score (nSPS) is 26.9. The summed E-state index contributed by atoms with van der Waals surface area (Å²) in [5.74, 6) is 0. The van der Waals surface area contributed by atoms with Crippen molar-refractivity contribution in [3.05, 3.63) is 41.5 Å². The first kappa shape index (κ1) is 15.7. The largest absolute Gasteiger partial charge is 0.393 e. The average Bonchev–Trinajstić information content (AvgIpc) is 2.99. The topological polar surface area (TPSA) is 57.6 Å². The lowest BCUT2D eigenvalue weighted by Crippen LogP contribution is -2.37. The minimum Gasteiger partial charge on any atom is -0.393 e. The van der Waals surface area contributed by atoms with Crippen LogP contribution in [-0.4, -0.2) is 36.5 Å². The summed E-state index contributed by atoms with van der Waals surface area (Å²) in [4.78, 5) is 0.376. The Morgan fingerprint density at radius 3 is 2.55 bits per heavy atom. The standard InChI is InChI=1S/C17H23NO3S/c1-13-4-10-16(11-5-13)22(20,21)18-12-2-3-17(18)14-6-8-15(19)9-7-14/h4-6,10-11,15,17,19H,2-3,7-9,12H2,1H3. The van der Waals surface area contributed by atoms with Crippen molar-refractivity contribution in [1.29, 1.82) is 0 Å². The molecule has 1 aromatic carbocycles. The second-order valence-corrected chi connectivity index (χ2v) is 8.18. The van der Waals surface area contributed by atoms with Crippen molar-refractivity contribution in [1.82, 2.24) is 4.31 Å². The van der Waals surface area contributed by atoms with E-state index < -0.39 is 10.0 Å². The zero-order valence-corrected chi connectivity index (χ0v) is 13.7. The minimum atomic E-state index is -3.44. The number of rotatable bonds is 3. The van der Waals surface area contributed by atoms with Crippen LogP contribution in [0.4, 0.5) is 0 Å². The Morgan fingerprint density at radius 2 is 1.91 bits per heavy atom. The molecular weight excluding hydrogens is 298 g/mol. The maximum atomic E-state index is 12.9. The van der Waals surface area contributed by atoms with E-state index in [0.29, 0.717) is 17.9 Å². The van der Waals surface area contributed by atoms with Crippen LogP contribution >= 0.6 is 0 Å². The highest BCUT2D eigenvalue weighted by Gasteiger charge is 2.37. The van der Waals surface area contributed by atoms with Gasteiger partial charge in [-0.25, -0.2) is 8.42 Å². The molecule has 3 rings (SSSR count). The van der Waals surface area contributed by atoms with Crippen LogP contribution in [-0.2, 0) is 10.0 Å². The second kappa shape index (κ2) is 6.14. The average molecular weight is 321 g/mol. The fourth-order valence-electron chi connectivity index (χ4n) is 3.39. The predicted molar refractivity (Wildman–Crippen MR) is 86.0 cm³/mol. The van der Waals surface area contributed by atoms with E-state index in [9.17, 15) is 13.5 Å². The van der Waals surface area contributed by atoms with E-state index in [2.05, 4.69) is 0 Å². The van der Waals surface area contributed by atoms with Gasteiger partial charge in [0.05, 0.1) is 11.0 Å². The first-order chi connectivity index (χ1) is 10.5. The summed E-state index contributed by atoms with van der Waals surface area (Å²) in [6.07, 6.45) is 5.73. The third kappa shape index (κ3) is 2.98. The van der Waals surface area contributed by atoms with Crippen LogP contribution in [0.5, 0.6) is 0 Å².